The predicted molar refractivity (Wildman–Crippen MR) is 107 cm³/mol. The number of amides is 1. The molecule has 0 bridgehead atoms. The molecule has 29 heavy (non-hydrogen) atoms. The van der Waals surface area contributed by atoms with E-state index in [1.54, 1.807) is 31.2 Å². The van der Waals surface area contributed by atoms with Crippen molar-refractivity contribution in [1.29, 1.82) is 0 Å². The predicted octanol–water partition coefficient (Wildman–Crippen LogP) is 3.94. The maximum Gasteiger partial charge on any atom is 0.257 e. The monoisotopic (exact) mass is 393 g/mol. The van der Waals surface area contributed by atoms with Gasteiger partial charge in [0.2, 0.25) is 0 Å². The van der Waals surface area contributed by atoms with Crippen LogP contribution in [0.1, 0.15) is 41.6 Å². The average Bonchev–Trinajstić information content (AvgIpc) is 3.17. The van der Waals surface area contributed by atoms with E-state index in [0.29, 0.717) is 36.2 Å². The lowest BCUT2D eigenvalue weighted by molar-refractivity contribution is 0.0925. The van der Waals surface area contributed by atoms with Gasteiger partial charge in [-0.1, -0.05) is 25.1 Å². The molecule has 0 saturated heterocycles. The van der Waals surface area contributed by atoms with Gasteiger partial charge in [0.1, 0.15) is 13.2 Å². The summed E-state index contributed by atoms with van der Waals surface area (Å²) in [5, 5.41) is 6.92. The molecule has 150 valence electrons. The van der Waals surface area contributed by atoms with Crippen LogP contribution in [-0.2, 0) is 0 Å². The fraction of sp³-hybridized carbons (Fsp3) is 0.318. The van der Waals surface area contributed by atoms with Crippen LogP contribution >= 0.6 is 0 Å². The quantitative estimate of drug-likeness (QED) is 0.706. The Labute approximate surface area is 169 Å². The highest BCUT2D eigenvalue weighted by molar-refractivity contribution is 5.94. The van der Waals surface area contributed by atoms with E-state index in [1.807, 2.05) is 18.2 Å². The average molecular weight is 393 g/mol. The second-order valence-corrected chi connectivity index (χ2v) is 7.32. The number of hydrogen-bond acceptors (Lipinski definition) is 6. The Balaban J connectivity index is 1.52. The van der Waals surface area contributed by atoms with Crippen molar-refractivity contribution in [3.05, 3.63) is 59.4 Å². The van der Waals surface area contributed by atoms with Crippen molar-refractivity contribution in [2.75, 3.05) is 13.2 Å². The highest BCUT2D eigenvalue weighted by Gasteiger charge is 2.22. The van der Waals surface area contributed by atoms with E-state index in [2.05, 4.69) is 29.3 Å². The zero-order chi connectivity index (χ0) is 20.4. The van der Waals surface area contributed by atoms with Crippen LogP contribution in [0.4, 0.5) is 0 Å². The highest BCUT2D eigenvalue weighted by Crippen LogP contribution is 2.34. The number of nitrogens with one attached hydrogen (secondary N) is 1. The first-order chi connectivity index (χ1) is 14.0. The van der Waals surface area contributed by atoms with E-state index in [9.17, 15) is 4.79 Å². The fourth-order valence-electron chi connectivity index (χ4n) is 3.29. The van der Waals surface area contributed by atoms with Crippen molar-refractivity contribution in [2.24, 2.45) is 5.92 Å². The Kier molecular flexibility index (Phi) is 5.20. The molecule has 0 fully saturated rings. The fourth-order valence-corrected chi connectivity index (χ4v) is 3.29. The summed E-state index contributed by atoms with van der Waals surface area (Å²) in [5.41, 5.74) is 2.32. The molecule has 0 aliphatic carbocycles. The molecule has 2 heterocycles. The van der Waals surface area contributed by atoms with E-state index >= 15 is 0 Å². The molecule has 1 aromatic heterocycles. The minimum absolute atomic E-state index is 0.146. The molecule has 1 aliphatic rings. The van der Waals surface area contributed by atoms with Crippen LogP contribution < -0.4 is 14.8 Å². The molecular weight excluding hydrogens is 370 g/mol. The van der Waals surface area contributed by atoms with Gasteiger partial charge < -0.3 is 19.3 Å². The van der Waals surface area contributed by atoms with Crippen LogP contribution in [0, 0.1) is 12.8 Å². The van der Waals surface area contributed by atoms with Gasteiger partial charge in [0.25, 0.3) is 11.8 Å². The third kappa shape index (κ3) is 4.08. The summed E-state index contributed by atoms with van der Waals surface area (Å²) in [5.74, 6) is 2.51. The normalized spacial score (nSPS) is 13.9. The number of carbonyl (C=O) groups excluding carboxylic acids is 1. The molecule has 3 aromatic rings. The molecule has 0 radical (unpaired) electrons. The molecule has 7 heteroatoms. The van der Waals surface area contributed by atoms with Crippen LogP contribution in [0.15, 0.2) is 47.0 Å². The molecular formula is C22H23N3O4. The summed E-state index contributed by atoms with van der Waals surface area (Å²) in [6.07, 6.45) is 0. The van der Waals surface area contributed by atoms with Crippen molar-refractivity contribution < 1.29 is 18.8 Å². The molecule has 7 nitrogen and oxygen atoms in total. The van der Waals surface area contributed by atoms with E-state index in [4.69, 9.17) is 14.0 Å². The first-order valence-electron chi connectivity index (χ1n) is 9.62. The van der Waals surface area contributed by atoms with Gasteiger partial charge in [0.05, 0.1) is 6.04 Å². The minimum atomic E-state index is -0.156. The third-order valence-corrected chi connectivity index (χ3v) is 4.80. The first-order valence-corrected chi connectivity index (χ1v) is 9.62. The smallest absolute Gasteiger partial charge is 0.257 e. The number of nitrogens with zero attached hydrogens (tertiary/aromatic N) is 2. The molecule has 1 unspecified atom stereocenters. The number of hydrogen-bond donors (Lipinski definition) is 1. The summed E-state index contributed by atoms with van der Waals surface area (Å²) in [7, 11) is 0. The largest absolute Gasteiger partial charge is 0.486 e. The second-order valence-electron chi connectivity index (χ2n) is 7.32. The molecule has 1 N–H and O–H groups in total. The highest BCUT2D eigenvalue weighted by atomic mass is 16.6. The Morgan fingerprint density at radius 1 is 1.03 bits per heavy atom. The number of aryl methyl sites for hydroxylation is 1. The van der Waals surface area contributed by atoms with E-state index in [-0.39, 0.29) is 17.9 Å². The van der Waals surface area contributed by atoms with Crippen molar-refractivity contribution in [3.8, 4) is 23.0 Å². The molecule has 1 aliphatic heterocycles. The van der Waals surface area contributed by atoms with Crippen LogP contribution in [-0.4, -0.2) is 29.3 Å². The molecule has 0 saturated carbocycles. The lowest BCUT2D eigenvalue weighted by atomic mass is 9.95. The molecule has 1 atom stereocenters. The van der Waals surface area contributed by atoms with E-state index in [0.717, 1.165) is 16.9 Å². The standard InChI is InChI=1S/C22H23N3O4/c1-13(2)20(17-8-9-18-19(12-17)28-11-10-27-18)24-21(26)15-4-6-16(7-5-15)22-23-14(3)25-29-22/h4-9,12-13,20H,10-11H2,1-3H3,(H,24,26). The number of ether oxygens (including phenoxy) is 2. The minimum Gasteiger partial charge on any atom is -0.486 e. The Bertz CT molecular complexity index is 1010. The van der Waals surface area contributed by atoms with Gasteiger partial charge in [0, 0.05) is 11.1 Å². The van der Waals surface area contributed by atoms with Crippen molar-refractivity contribution >= 4 is 5.91 Å². The lowest BCUT2D eigenvalue weighted by Crippen LogP contribution is -2.31. The zero-order valence-corrected chi connectivity index (χ0v) is 16.6. The van der Waals surface area contributed by atoms with Crippen molar-refractivity contribution in [1.82, 2.24) is 15.5 Å². The van der Waals surface area contributed by atoms with Gasteiger partial charge in [-0.05, 0) is 54.8 Å². The SMILES string of the molecule is Cc1noc(-c2ccc(C(=O)NC(c3ccc4c(c3)OCCO4)C(C)C)cc2)n1. The summed E-state index contributed by atoms with van der Waals surface area (Å²) in [4.78, 5) is 17.1. The van der Waals surface area contributed by atoms with Gasteiger partial charge in [-0.3, -0.25) is 4.79 Å². The molecule has 0 spiro atoms. The van der Waals surface area contributed by atoms with Crippen LogP contribution in [0.25, 0.3) is 11.5 Å². The van der Waals surface area contributed by atoms with Crippen LogP contribution in [0.3, 0.4) is 0 Å². The van der Waals surface area contributed by atoms with Crippen molar-refractivity contribution in [3.63, 3.8) is 0 Å². The number of aromatic nitrogens is 2. The maximum atomic E-state index is 12.9. The molecule has 2 aromatic carbocycles. The lowest BCUT2D eigenvalue weighted by Gasteiger charge is -2.25. The van der Waals surface area contributed by atoms with Crippen LogP contribution in [0.2, 0.25) is 0 Å². The first kappa shape index (κ1) is 19.0. The number of fused-ring (bicyclic) bond motifs is 1. The van der Waals surface area contributed by atoms with Gasteiger partial charge in [-0.15, -0.1) is 0 Å². The Morgan fingerprint density at radius 2 is 1.76 bits per heavy atom. The van der Waals surface area contributed by atoms with Gasteiger partial charge in [0.15, 0.2) is 17.3 Å². The Morgan fingerprint density at radius 3 is 2.41 bits per heavy atom. The zero-order valence-electron chi connectivity index (χ0n) is 16.6. The van der Waals surface area contributed by atoms with Gasteiger partial charge in [-0.2, -0.15) is 4.98 Å². The Hall–Kier alpha value is -3.35. The van der Waals surface area contributed by atoms with E-state index in [1.165, 1.54) is 0 Å². The third-order valence-electron chi connectivity index (χ3n) is 4.80. The second kappa shape index (κ2) is 7.95. The number of rotatable bonds is 5. The summed E-state index contributed by atoms with van der Waals surface area (Å²) < 4.78 is 16.4. The van der Waals surface area contributed by atoms with Crippen LogP contribution in [0.5, 0.6) is 11.5 Å². The number of carbonyl (C=O) groups is 1. The maximum absolute atomic E-state index is 12.9. The van der Waals surface area contributed by atoms with Crippen molar-refractivity contribution in [2.45, 2.75) is 26.8 Å². The topological polar surface area (TPSA) is 86.5 Å². The summed E-state index contributed by atoms with van der Waals surface area (Å²) in [6.45, 7) is 6.99. The summed E-state index contributed by atoms with van der Waals surface area (Å²) in [6, 6.07) is 12.8. The molecule has 4 rings (SSSR count). The van der Waals surface area contributed by atoms with E-state index < -0.39 is 0 Å². The van der Waals surface area contributed by atoms with Gasteiger partial charge >= 0.3 is 0 Å². The molecule has 1 amide bonds. The summed E-state index contributed by atoms with van der Waals surface area (Å²) >= 11 is 0. The van der Waals surface area contributed by atoms with Gasteiger partial charge in [-0.25, -0.2) is 0 Å². The number of benzene rings is 2.